The van der Waals surface area contributed by atoms with E-state index in [0.29, 0.717) is 11.7 Å². The molecule has 10 atom stereocenters. The van der Waals surface area contributed by atoms with Gasteiger partial charge in [-0.05, 0) is 39.7 Å². The van der Waals surface area contributed by atoms with Crippen LogP contribution in [0, 0.1) is 36.5 Å². The normalized spacial score (nSPS) is 30.0. The number of piperazine rings is 1. The van der Waals surface area contributed by atoms with Crippen LogP contribution in [0.5, 0.6) is 17.2 Å². The number of allylic oxidation sites excluding steroid dienone is 2. The fourth-order valence-corrected chi connectivity index (χ4v) is 11.1. The average molecular weight is 1010 g/mol. The zero-order valence-corrected chi connectivity index (χ0v) is 44.7. The third-order valence-electron chi connectivity index (χ3n) is 14.6. The number of phenols is 1. The number of aromatic hydroxyl groups is 1. The molecule has 72 heavy (non-hydrogen) atoms. The summed E-state index contributed by atoms with van der Waals surface area (Å²) in [5.74, 6) is -5.90. The van der Waals surface area contributed by atoms with E-state index in [-0.39, 0.29) is 85.0 Å². The second-order valence-corrected chi connectivity index (χ2v) is 21.1. The van der Waals surface area contributed by atoms with Gasteiger partial charge < -0.3 is 52.7 Å². The number of methoxy groups -OCH3 is 1. The fourth-order valence-electron chi connectivity index (χ4n) is 10.9. The SMILES string of the molecule is COC1/C=C/OC2(C)Oc3c(C)c(=O)c4c(O)c(c5oc6cc(N7CCN(CC(C)C)CC7)cc(OP)c6nc5c4c3C2=O)NC(=O)/C(C)=C\C=C\C(C)C2OC(C)(C)OC(C2C)C(C)C(OC(C)=O)C1C. The van der Waals surface area contributed by atoms with Crippen molar-refractivity contribution >= 4 is 71.5 Å². The molecule has 2 fully saturated rings. The second-order valence-electron chi connectivity index (χ2n) is 20.9. The highest BCUT2D eigenvalue weighted by Gasteiger charge is 2.51. The van der Waals surface area contributed by atoms with Crippen LogP contribution in [-0.4, -0.2) is 108 Å². The lowest BCUT2D eigenvalue weighted by molar-refractivity contribution is -0.336. The molecule has 5 aliphatic rings. The maximum atomic E-state index is 15.0. The molecule has 2 N–H and O–H groups in total. The molecule has 1 aromatic heterocycles. The van der Waals surface area contributed by atoms with Gasteiger partial charge in [-0.2, -0.15) is 0 Å². The van der Waals surface area contributed by atoms with E-state index < -0.39 is 64.6 Å². The summed E-state index contributed by atoms with van der Waals surface area (Å²) >= 11 is 0. The lowest BCUT2D eigenvalue weighted by Crippen LogP contribution is -2.56. The molecule has 9 rings (SSSR count). The number of esters is 1. The number of carbonyl (C=O) groups excluding carboxylic acids is 3. The third-order valence-corrected chi connectivity index (χ3v) is 14.9. The molecule has 17 nitrogen and oxygen atoms in total. The van der Waals surface area contributed by atoms with E-state index in [9.17, 15) is 19.5 Å². The van der Waals surface area contributed by atoms with Gasteiger partial charge in [-0.3, -0.25) is 24.1 Å². The molecule has 388 valence electrons. The van der Waals surface area contributed by atoms with E-state index in [1.807, 2.05) is 59.8 Å². The number of fused-ring (bicyclic) bond motifs is 10. The first kappa shape index (κ1) is 52.7. The number of Topliss-reactive ketones (excluding diaryl/α,β-unsaturated/α-hetero) is 1. The zero-order chi connectivity index (χ0) is 52.3. The van der Waals surface area contributed by atoms with Crippen LogP contribution in [0.25, 0.3) is 33.0 Å². The Morgan fingerprint density at radius 2 is 1.65 bits per heavy atom. The van der Waals surface area contributed by atoms with E-state index in [2.05, 4.69) is 38.4 Å². The average Bonchev–Trinajstić information content (AvgIpc) is 3.59. The predicted molar refractivity (Wildman–Crippen MR) is 277 cm³/mol. The van der Waals surface area contributed by atoms with Crippen LogP contribution < -0.4 is 24.9 Å². The molecule has 0 spiro atoms. The van der Waals surface area contributed by atoms with Crippen LogP contribution in [0.15, 0.2) is 57.5 Å². The highest BCUT2D eigenvalue weighted by atomic mass is 31.0. The smallest absolute Gasteiger partial charge is 0.312 e. The van der Waals surface area contributed by atoms with E-state index in [1.165, 1.54) is 34.1 Å². The molecular formula is C54H69N4O13P. The number of aromatic nitrogens is 1. The van der Waals surface area contributed by atoms with Crippen molar-refractivity contribution in [2.75, 3.05) is 50.1 Å². The number of ether oxygens (including phenoxy) is 6. The quantitative estimate of drug-likeness (QED) is 0.0611. The van der Waals surface area contributed by atoms with Crippen LogP contribution in [0.3, 0.4) is 0 Å². The summed E-state index contributed by atoms with van der Waals surface area (Å²) in [7, 11) is 3.78. The number of benzene rings is 3. The molecule has 2 saturated heterocycles. The summed E-state index contributed by atoms with van der Waals surface area (Å²) < 4.78 is 50.4. The van der Waals surface area contributed by atoms with Crippen molar-refractivity contribution in [3.8, 4) is 17.2 Å². The Labute approximate surface area is 422 Å². The monoisotopic (exact) mass is 1010 g/mol. The predicted octanol–water partition coefficient (Wildman–Crippen LogP) is 8.74. The zero-order valence-electron chi connectivity index (χ0n) is 43.5. The standard InChI is InChI=1S/C54H69N4O13P/c1-26(2)25-57-18-20-58(21-19-57)34-23-36-41(37(24-34)71-72)55-42-38-39-44(60)30(6)49-40(38)51(62)54(12,70-49)65-22-17-35(64-13)29(5)47(66-33(9)59)32(8)48-31(7)46(68-53(10,11)69-48)27(3)15-14-16-28(4)52(63)56-43(45(39)61)50(42)67-36/h14-17,22-24,26-27,29,31-32,35,46-48,61H,18-21,25,72H2,1-13H3,(H,56,63)/b15-14+,22-17+,28-16-. The van der Waals surface area contributed by atoms with E-state index >= 15 is 4.79 Å². The third kappa shape index (κ3) is 9.82. The number of nitrogens with one attached hydrogen (secondary N) is 1. The summed E-state index contributed by atoms with van der Waals surface area (Å²) in [5, 5.41) is 14.9. The topological polar surface area (TPSA) is 198 Å². The molecule has 6 heterocycles. The number of hydrogen-bond donors (Lipinski definition) is 2. The second kappa shape index (κ2) is 20.4. The molecule has 18 heteroatoms. The Kier molecular flexibility index (Phi) is 14.9. The van der Waals surface area contributed by atoms with Crippen molar-refractivity contribution in [1.82, 2.24) is 9.88 Å². The van der Waals surface area contributed by atoms with Crippen molar-refractivity contribution in [2.24, 2.45) is 29.6 Å². The maximum Gasteiger partial charge on any atom is 0.312 e. The van der Waals surface area contributed by atoms with Gasteiger partial charge in [0, 0.05) is 112 Å². The number of carbonyl (C=O) groups is 3. The van der Waals surface area contributed by atoms with Gasteiger partial charge in [-0.1, -0.05) is 59.8 Å². The number of hydrogen-bond acceptors (Lipinski definition) is 16. The molecule has 0 radical (unpaired) electrons. The van der Waals surface area contributed by atoms with Gasteiger partial charge in [0.1, 0.15) is 28.6 Å². The Morgan fingerprint density at radius 3 is 2.31 bits per heavy atom. The van der Waals surface area contributed by atoms with E-state index in [0.717, 1.165) is 38.4 Å². The Bertz CT molecular complexity index is 2960. The minimum Gasteiger partial charge on any atom is -0.505 e. The van der Waals surface area contributed by atoms with Crippen molar-refractivity contribution in [1.29, 1.82) is 0 Å². The molecule has 4 aromatic rings. The highest BCUT2D eigenvalue weighted by molar-refractivity contribution is 7.10. The van der Waals surface area contributed by atoms with Crippen LogP contribution in [0.2, 0.25) is 0 Å². The Balaban J connectivity index is 1.32. The van der Waals surface area contributed by atoms with Crippen LogP contribution >= 0.6 is 9.47 Å². The van der Waals surface area contributed by atoms with E-state index in [4.69, 9.17) is 42.3 Å². The molecule has 5 aliphatic heterocycles. The number of rotatable bonds is 6. The van der Waals surface area contributed by atoms with Crippen molar-refractivity contribution in [3.05, 3.63) is 69.6 Å². The van der Waals surface area contributed by atoms with Crippen LogP contribution in [0.1, 0.15) is 92.1 Å². The number of phenolic OH excluding ortho intramolecular Hbond substituents is 1. The Morgan fingerprint density at radius 1 is 0.958 bits per heavy atom. The molecule has 3 aromatic carbocycles. The van der Waals surface area contributed by atoms with Crippen LogP contribution in [-0.2, 0) is 33.3 Å². The van der Waals surface area contributed by atoms with E-state index in [1.54, 1.807) is 25.2 Å². The summed E-state index contributed by atoms with van der Waals surface area (Å²) in [5.41, 5.74) is 0.459. The van der Waals surface area contributed by atoms with Gasteiger partial charge in [0.25, 0.3) is 11.7 Å². The molecular weight excluding hydrogens is 944 g/mol. The summed E-state index contributed by atoms with van der Waals surface area (Å²) in [6.07, 6.45) is 6.03. The summed E-state index contributed by atoms with van der Waals surface area (Å²) in [4.78, 5) is 66.4. The fraction of sp³-hybridized carbons (Fsp3) is 0.537. The Hall–Kier alpha value is -5.58. The van der Waals surface area contributed by atoms with Gasteiger partial charge in [-0.25, -0.2) is 4.98 Å². The summed E-state index contributed by atoms with van der Waals surface area (Å²) in [6, 6.07) is 3.69. The van der Waals surface area contributed by atoms with Gasteiger partial charge in [0.05, 0.1) is 45.0 Å². The largest absolute Gasteiger partial charge is 0.505 e. The minimum atomic E-state index is -2.04. The van der Waals surface area contributed by atoms with Crippen molar-refractivity contribution in [3.63, 3.8) is 0 Å². The molecule has 0 saturated carbocycles. The lowest BCUT2D eigenvalue weighted by atomic mass is 9.77. The highest BCUT2D eigenvalue weighted by Crippen LogP contribution is 2.49. The lowest BCUT2D eigenvalue weighted by Gasteiger charge is -2.50. The van der Waals surface area contributed by atoms with Gasteiger partial charge in [0.2, 0.25) is 0 Å². The van der Waals surface area contributed by atoms with Crippen molar-refractivity contribution in [2.45, 2.75) is 119 Å². The molecule has 1 amide bonds. The molecule has 7 bridgehead atoms. The number of ketones is 1. The molecule has 0 aliphatic carbocycles. The first-order valence-electron chi connectivity index (χ1n) is 24.8. The number of nitrogens with zero attached hydrogens (tertiary/aromatic N) is 3. The first-order chi connectivity index (χ1) is 34.0. The maximum absolute atomic E-state index is 15.0. The van der Waals surface area contributed by atoms with Crippen LogP contribution in [0.4, 0.5) is 11.4 Å². The van der Waals surface area contributed by atoms with Crippen molar-refractivity contribution < 1.29 is 56.9 Å². The minimum absolute atomic E-state index is 0.00944. The van der Waals surface area contributed by atoms with Gasteiger partial charge >= 0.3 is 11.8 Å². The number of anilines is 2. The van der Waals surface area contributed by atoms with Gasteiger partial charge in [0.15, 0.2) is 33.9 Å². The molecule has 10 unspecified atom stereocenters. The first-order valence-corrected chi connectivity index (χ1v) is 25.2. The number of amides is 1. The summed E-state index contributed by atoms with van der Waals surface area (Å²) in [6.45, 7) is 26.1. The van der Waals surface area contributed by atoms with Gasteiger partial charge in [-0.15, -0.1) is 0 Å².